The standard InChI is InChI=1S/C25H35N4O11P/c1-14(2)37-22(32)16(4)38-21(31)15(3)28-41(35,40-17-9-7-6-8-10-17)36-13-18-20(30)25(5,34)23(39-18)29-12-11-19(26)27-24(29)33/h6-12,14-16,18,20,23,30,34H,13H2,1-5H3,(H,28,35)(H2,26,27,33)/t15-,16-,18+,20+,23+,25+,41-/m0/s1. The van der Waals surface area contributed by atoms with E-state index < -0.39 is 74.3 Å². The Labute approximate surface area is 236 Å². The number of anilines is 1. The summed E-state index contributed by atoms with van der Waals surface area (Å²) in [4.78, 5) is 40.6. The summed E-state index contributed by atoms with van der Waals surface area (Å²) in [6.45, 7) is 6.56. The van der Waals surface area contributed by atoms with Gasteiger partial charge in [-0.25, -0.2) is 14.2 Å². The van der Waals surface area contributed by atoms with Crippen LogP contribution in [0.4, 0.5) is 5.82 Å². The fraction of sp³-hybridized carbons (Fsp3) is 0.520. The number of nitrogens with two attached hydrogens (primary N) is 1. The first-order chi connectivity index (χ1) is 19.1. The smallest absolute Gasteiger partial charge is 0.459 e. The molecule has 7 atom stereocenters. The molecule has 1 saturated heterocycles. The molecule has 15 nitrogen and oxygen atoms in total. The number of hydrogen-bond acceptors (Lipinski definition) is 13. The summed E-state index contributed by atoms with van der Waals surface area (Å²) >= 11 is 0. The van der Waals surface area contributed by atoms with Crippen molar-refractivity contribution in [2.75, 3.05) is 12.3 Å². The van der Waals surface area contributed by atoms with Gasteiger partial charge in [-0.15, -0.1) is 0 Å². The summed E-state index contributed by atoms with van der Waals surface area (Å²) in [5.41, 5.74) is 2.70. The van der Waals surface area contributed by atoms with E-state index in [9.17, 15) is 29.2 Å². The molecule has 0 radical (unpaired) electrons. The molecule has 1 fully saturated rings. The van der Waals surface area contributed by atoms with Crippen LogP contribution < -0.4 is 21.0 Å². The minimum Gasteiger partial charge on any atom is -0.460 e. The number of hydrogen-bond donors (Lipinski definition) is 4. The number of esters is 2. The third-order valence-corrected chi connectivity index (χ3v) is 7.56. The van der Waals surface area contributed by atoms with Gasteiger partial charge in [0.15, 0.2) is 12.3 Å². The number of aliphatic hydroxyl groups is 2. The van der Waals surface area contributed by atoms with Crippen LogP contribution in [-0.2, 0) is 32.9 Å². The van der Waals surface area contributed by atoms with E-state index in [0.717, 1.165) is 4.57 Å². The van der Waals surface area contributed by atoms with Gasteiger partial charge in [-0.1, -0.05) is 18.2 Å². The zero-order valence-electron chi connectivity index (χ0n) is 23.2. The van der Waals surface area contributed by atoms with Crippen molar-refractivity contribution in [3.8, 4) is 5.75 Å². The van der Waals surface area contributed by atoms with Gasteiger partial charge in [-0.05, 0) is 52.8 Å². The first kappa shape index (κ1) is 32.2. The van der Waals surface area contributed by atoms with Crippen molar-refractivity contribution in [3.05, 3.63) is 53.1 Å². The molecule has 0 spiro atoms. The molecule has 2 heterocycles. The summed E-state index contributed by atoms with van der Waals surface area (Å²) in [6.07, 6.45) is -4.72. The lowest BCUT2D eigenvalue weighted by atomic mass is 9.96. The van der Waals surface area contributed by atoms with Crippen LogP contribution in [0.1, 0.15) is 40.8 Å². The minimum absolute atomic E-state index is 0.0479. The summed E-state index contributed by atoms with van der Waals surface area (Å²) in [6, 6.07) is 7.92. The maximum Gasteiger partial charge on any atom is 0.459 e. The van der Waals surface area contributed by atoms with E-state index in [-0.39, 0.29) is 11.6 Å². The molecule has 5 N–H and O–H groups in total. The van der Waals surface area contributed by atoms with Gasteiger partial charge in [0, 0.05) is 6.20 Å². The average molecular weight is 599 g/mol. The summed E-state index contributed by atoms with van der Waals surface area (Å²) < 4.78 is 41.7. The van der Waals surface area contributed by atoms with Gasteiger partial charge in [-0.3, -0.25) is 13.9 Å². The van der Waals surface area contributed by atoms with Crippen molar-refractivity contribution < 1.29 is 47.6 Å². The normalized spacial score (nSPS) is 25.2. The van der Waals surface area contributed by atoms with Crippen molar-refractivity contribution in [1.29, 1.82) is 0 Å². The number of nitrogens with one attached hydrogen (secondary N) is 1. The Hall–Kier alpha value is -3.33. The van der Waals surface area contributed by atoms with Gasteiger partial charge in [0.2, 0.25) is 0 Å². The highest BCUT2D eigenvalue weighted by atomic mass is 31.2. The topological polar surface area (TPSA) is 211 Å². The Balaban J connectivity index is 1.76. The van der Waals surface area contributed by atoms with Gasteiger partial charge in [-0.2, -0.15) is 10.1 Å². The Bertz CT molecular complexity index is 1320. The van der Waals surface area contributed by atoms with Crippen molar-refractivity contribution >= 4 is 25.5 Å². The number of nitrogen functional groups attached to an aromatic ring is 1. The van der Waals surface area contributed by atoms with Gasteiger partial charge < -0.3 is 34.7 Å². The van der Waals surface area contributed by atoms with Crippen LogP contribution in [0.15, 0.2) is 47.4 Å². The molecule has 0 amide bonds. The lowest BCUT2D eigenvalue weighted by molar-refractivity contribution is -0.169. The zero-order chi connectivity index (χ0) is 30.5. The number of carbonyl (C=O) groups is 2. The van der Waals surface area contributed by atoms with Crippen molar-refractivity contribution in [3.63, 3.8) is 0 Å². The molecule has 16 heteroatoms. The highest BCUT2D eigenvalue weighted by Crippen LogP contribution is 2.46. The van der Waals surface area contributed by atoms with Crippen LogP contribution in [0.3, 0.4) is 0 Å². The fourth-order valence-electron chi connectivity index (χ4n) is 3.81. The Morgan fingerprint density at radius 3 is 2.44 bits per heavy atom. The highest BCUT2D eigenvalue weighted by Gasteiger charge is 2.54. The molecule has 0 saturated carbocycles. The molecule has 0 aliphatic carbocycles. The molecule has 1 aliphatic heterocycles. The second kappa shape index (κ2) is 13.1. The van der Waals surface area contributed by atoms with E-state index in [1.54, 1.807) is 32.0 Å². The van der Waals surface area contributed by atoms with E-state index in [1.165, 1.54) is 45.2 Å². The van der Waals surface area contributed by atoms with Crippen LogP contribution >= 0.6 is 7.75 Å². The van der Waals surface area contributed by atoms with Crippen molar-refractivity contribution in [2.24, 2.45) is 0 Å². The third-order valence-electron chi connectivity index (χ3n) is 5.92. The van der Waals surface area contributed by atoms with Gasteiger partial charge in [0.05, 0.1) is 12.7 Å². The first-order valence-corrected chi connectivity index (χ1v) is 14.3. The van der Waals surface area contributed by atoms with Gasteiger partial charge >= 0.3 is 25.4 Å². The molecule has 0 bridgehead atoms. The average Bonchev–Trinajstić information content (AvgIpc) is 3.11. The molecular formula is C25H35N4O11P. The van der Waals surface area contributed by atoms with Gasteiger partial charge in [0.1, 0.15) is 35.4 Å². The molecule has 2 aromatic rings. The molecular weight excluding hydrogens is 563 g/mol. The maximum absolute atomic E-state index is 13.8. The zero-order valence-corrected chi connectivity index (χ0v) is 24.1. The largest absolute Gasteiger partial charge is 0.460 e. The summed E-state index contributed by atoms with van der Waals surface area (Å²) in [7, 11) is -4.41. The predicted molar refractivity (Wildman–Crippen MR) is 143 cm³/mol. The third kappa shape index (κ3) is 8.12. The molecule has 1 aromatic carbocycles. The molecule has 1 aliphatic rings. The van der Waals surface area contributed by atoms with Crippen LogP contribution in [0.25, 0.3) is 0 Å². The van der Waals surface area contributed by atoms with E-state index in [2.05, 4.69) is 10.1 Å². The number of nitrogens with zero attached hydrogens (tertiary/aromatic N) is 2. The lowest BCUT2D eigenvalue weighted by Crippen LogP contribution is -2.46. The SMILES string of the molecule is CC(C)OC(=O)[C@H](C)OC(=O)[C@H](C)N[P@](=O)(OC[C@H]1O[C@@H](n2ccc(N)nc2=O)[C@](C)(O)[C@@H]1O)Oc1ccccc1. The number of para-hydroxylation sites is 1. The van der Waals surface area contributed by atoms with Crippen LogP contribution in [0.2, 0.25) is 0 Å². The van der Waals surface area contributed by atoms with E-state index in [4.69, 9.17) is 29.0 Å². The quantitative estimate of drug-likeness (QED) is 0.198. The second-order valence-corrected chi connectivity index (χ2v) is 11.5. The van der Waals surface area contributed by atoms with Crippen molar-refractivity contribution in [2.45, 2.75) is 76.9 Å². The number of carbonyl (C=O) groups excluding carboxylic acids is 2. The van der Waals surface area contributed by atoms with Crippen LogP contribution in [0, 0.1) is 0 Å². The molecule has 41 heavy (non-hydrogen) atoms. The second-order valence-electron chi connectivity index (χ2n) is 9.85. The van der Waals surface area contributed by atoms with E-state index in [0.29, 0.717) is 0 Å². The van der Waals surface area contributed by atoms with E-state index in [1.807, 2.05) is 0 Å². The highest BCUT2D eigenvalue weighted by molar-refractivity contribution is 7.52. The number of aliphatic hydroxyl groups excluding tert-OH is 1. The maximum atomic E-state index is 13.8. The fourth-order valence-corrected chi connectivity index (χ4v) is 5.31. The van der Waals surface area contributed by atoms with Crippen molar-refractivity contribution in [1.82, 2.24) is 14.6 Å². The molecule has 226 valence electrons. The molecule has 1 aromatic heterocycles. The Morgan fingerprint density at radius 1 is 1.17 bits per heavy atom. The summed E-state index contributed by atoms with van der Waals surface area (Å²) in [5.74, 6) is -1.64. The van der Waals surface area contributed by atoms with Crippen LogP contribution in [0.5, 0.6) is 5.75 Å². The lowest BCUT2D eigenvalue weighted by Gasteiger charge is -2.27. The summed E-state index contributed by atoms with van der Waals surface area (Å²) in [5, 5.41) is 24.2. The Kier molecular flexibility index (Phi) is 10.3. The molecule has 0 unspecified atom stereocenters. The minimum atomic E-state index is -4.41. The van der Waals surface area contributed by atoms with E-state index >= 15 is 0 Å². The first-order valence-electron chi connectivity index (χ1n) is 12.7. The molecule has 3 rings (SSSR count). The Morgan fingerprint density at radius 2 is 1.83 bits per heavy atom. The van der Waals surface area contributed by atoms with Crippen LogP contribution in [-0.4, -0.2) is 74.4 Å². The number of benzene rings is 1. The predicted octanol–water partition coefficient (Wildman–Crippen LogP) is 0.900. The number of aromatic nitrogens is 2. The number of rotatable bonds is 12. The van der Waals surface area contributed by atoms with Gasteiger partial charge in [0.25, 0.3) is 0 Å². The monoisotopic (exact) mass is 598 g/mol. The number of ether oxygens (including phenoxy) is 3.